The molecule has 2 atom stereocenters. The standard InChI is InChI=1S/C14H18N2O/c1-10-4-6-15-9-12(10)16-13(17)8-14-5-2-3-11(14)7-14/h4,6,9,11H,2-3,5,7-8H2,1H3,(H,16,17). The molecule has 17 heavy (non-hydrogen) atoms. The quantitative estimate of drug-likeness (QED) is 0.867. The van der Waals surface area contributed by atoms with Gasteiger partial charge in [0.1, 0.15) is 0 Å². The molecule has 0 spiro atoms. The molecule has 0 bridgehead atoms. The highest BCUT2D eigenvalue weighted by molar-refractivity contribution is 5.92. The minimum Gasteiger partial charge on any atom is -0.324 e. The van der Waals surface area contributed by atoms with Crippen LogP contribution < -0.4 is 5.32 Å². The molecule has 0 aliphatic heterocycles. The van der Waals surface area contributed by atoms with E-state index in [2.05, 4.69) is 10.3 Å². The molecule has 3 rings (SSSR count). The topological polar surface area (TPSA) is 42.0 Å². The normalized spacial score (nSPS) is 29.8. The maximum absolute atomic E-state index is 12.0. The monoisotopic (exact) mass is 230 g/mol. The maximum Gasteiger partial charge on any atom is 0.224 e. The molecule has 90 valence electrons. The van der Waals surface area contributed by atoms with Crippen LogP contribution in [0.15, 0.2) is 18.5 Å². The van der Waals surface area contributed by atoms with Crippen LogP contribution in [0.25, 0.3) is 0 Å². The van der Waals surface area contributed by atoms with Gasteiger partial charge in [0.2, 0.25) is 5.91 Å². The molecule has 3 nitrogen and oxygen atoms in total. The Labute approximate surface area is 102 Å². The lowest BCUT2D eigenvalue weighted by Gasteiger charge is -2.12. The lowest BCUT2D eigenvalue weighted by atomic mass is 9.99. The summed E-state index contributed by atoms with van der Waals surface area (Å²) in [5.41, 5.74) is 2.30. The molecule has 1 N–H and O–H groups in total. The van der Waals surface area contributed by atoms with Gasteiger partial charge in [-0.25, -0.2) is 0 Å². The van der Waals surface area contributed by atoms with Gasteiger partial charge >= 0.3 is 0 Å². The number of fused-ring (bicyclic) bond motifs is 1. The second-order valence-electron chi connectivity index (χ2n) is 5.57. The third kappa shape index (κ3) is 1.94. The summed E-state index contributed by atoms with van der Waals surface area (Å²) in [6, 6.07) is 1.92. The van der Waals surface area contributed by atoms with Crippen molar-refractivity contribution in [3.8, 4) is 0 Å². The molecule has 1 amide bonds. The summed E-state index contributed by atoms with van der Waals surface area (Å²) in [6.45, 7) is 1.99. The van der Waals surface area contributed by atoms with Gasteiger partial charge < -0.3 is 5.32 Å². The zero-order valence-corrected chi connectivity index (χ0v) is 10.2. The largest absolute Gasteiger partial charge is 0.324 e. The first-order valence-corrected chi connectivity index (χ1v) is 6.40. The van der Waals surface area contributed by atoms with Gasteiger partial charge in [0.15, 0.2) is 0 Å². The lowest BCUT2D eigenvalue weighted by Crippen LogP contribution is -2.17. The Kier molecular flexibility index (Phi) is 2.42. The summed E-state index contributed by atoms with van der Waals surface area (Å²) in [4.78, 5) is 16.1. The van der Waals surface area contributed by atoms with Crippen LogP contribution in [0.3, 0.4) is 0 Å². The highest BCUT2D eigenvalue weighted by atomic mass is 16.1. The number of hydrogen-bond donors (Lipinski definition) is 1. The summed E-state index contributed by atoms with van der Waals surface area (Å²) < 4.78 is 0. The van der Waals surface area contributed by atoms with Gasteiger partial charge in [-0.1, -0.05) is 6.42 Å². The fourth-order valence-electron chi connectivity index (χ4n) is 3.26. The minimum atomic E-state index is 0.158. The molecule has 2 aliphatic carbocycles. The van der Waals surface area contributed by atoms with Crippen molar-refractivity contribution >= 4 is 11.6 Å². The van der Waals surface area contributed by atoms with Crippen molar-refractivity contribution in [1.29, 1.82) is 0 Å². The summed E-state index contributed by atoms with van der Waals surface area (Å²) in [5.74, 6) is 0.994. The first-order valence-electron chi connectivity index (χ1n) is 6.40. The molecule has 2 aliphatic rings. The molecule has 0 aromatic carbocycles. The van der Waals surface area contributed by atoms with Crippen molar-refractivity contribution in [1.82, 2.24) is 4.98 Å². The number of aromatic nitrogens is 1. The van der Waals surface area contributed by atoms with E-state index in [-0.39, 0.29) is 5.91 Å². The van der Waals surface area contributed by atoms with Gasteiger partial charge in [0, 0.05) is 12.6 Å². The number of carbonyl (C=O) groups is 1. The fourth-order valence-corrected chi connectivity index (χ4v) is 3.26. The summed E-state index contributed by atoms with van der Waals surface area (Å²) in [7, 11) is 0. The Morgan fingerprint density at radius 2 is 2.53 bits per heavy atom. The highest BCUT2D eigenvalue weighted by Gasteiger charge is 2.57. The van der Waals surface area contributed by atoms with Crippen LogP contribution in [0, 0.1) is 18.3 Å². The average Bonchev–Trinajstić information content (AvgIpc) is 2.83. The Morgan fingerprint density at radius 3 is 3.18 bits per heavy atom. The van der Waals surface area contributed by atoms with Crippen LogP contribution in [-0.2, 0) is 4.79 Å². The number of nitrogens with one attached hydrogen (secondary N) is 1. The fraction of sp³-hybridized carbons (Fsp3) is 0.571. The van der Waals surface area contributed by atoms with E-state index in [9.17, 15) is 4.79 Å². The first kappa shape index (κ1) is 10.8. The van der Waals surface area contributed by atoms with E-state index >= 15 is 0 Å². The predicted molar refractivity (Wildman–Crippen MR) is 66.6 cm³/mol. The van der Waals surface area contributed by atoms with Crippen LogP contribution in [0.5, 0.6) is 0 Å². The van der Waals surface area contributed by atoms with E-state index in [1.807, 2.05) is 13.0 Å². The molecule has 1 heterocycles. The van der Waals surface area contributed by atoms with E-state index in [0.29, 0.717) is 11.8 Å². The summed E-state index contributed by atoms with van der Waals surface area (Å²) in [6.07, 6.45) is 9.33. The second-order valence-corrected chi connectivity index (χ2v) is 5.57. The van der Waals surface area contributed by atoms with Gasteiger partial charge in [-0.15, -0.1) is 0 Å². The number of pyridine rings is 1. The minimum absolute atomic E-state index is 0.158. The van der Waals surface area contributed by atoms with Gasteiger partial charge in [-0.3, -0.25) is 9.78 Å². The van der Waals surface area contributed by atoms with E-state index in [1.54, 1.807) is 12.4 Å². The number of hydrogen-bond acceptors (Lipinski definition) is 2. The van der Waals surface area contributed by atoms with Crippen LogP contribution >= 0.6 is 0 Å². The van der Waals surface area contributed by atoms with Crippen molar-refractivity contribution in [2.24, 2.45) is 11.3 Å². The molecule has 2 saturated carbocycles. The zero-order chi connectivity index (χ0) is 11.9. The van der Waals surface area contributed by atoms with E-state index in [4.69, 9.17) is 0 Å². The molecular formula is C14H18N2O. The maximum atomic E-state index is 12.0. The van der Waals surface area contributed by atoms with Crippen molar-refractivity contribution in [2.45, 2.75) is 39.0 Å². The third-order valence-corrected chi connectivity index (χ3v) is 4.41. The van der Waals surface area contributed by atoms with Gasteiger partial charge in [0.25, 0.3) is 0 Å². The number of nitrogens with zero attached hydrogens (tertiary/aromatic N) is 1. The SMILES string of the molecule is Cc1ccncc1NC(=O)CC12CCCC1C2. The highest BCUT2D eigenvalue weighted by Crippen LogP contribution is 2.65. The van der Waals surface area contributed by atoms with E-state index in [1.165, 1.54) is 25.7 Å². The molecule has 1 aromatic heterocycles. The number of rotatable bonds is 3. The number of anilines is 1. The Morgan fingerprint density at radius 1 is 1.65 bits per heavy atom. The van der Waals surface area contributed by atoms with Crippen molar-refractivity contribution in [3.05, 3.63) is 24.0 Å². The summed E-state index contributed by atoms with van der Waals surface area (Å²) in [5, 5.41) is 2.99. The second kappa shape index (κ2) is 3.83. The molecule has 1 aromatic rings. The average molecular weight is 230 g/mol. The van der Waals surface area contributed by atoms with Gasteiger partial charge in [0.05, 0.1) is 11.9 Å². The van der Waals surface area contributed by atoms with Crippen LogP contribution in [0.1, 0.15) is 37.7 Å². The van der Waals surface area contributed by atoms with Crippen molar-refractivity contribution in [3.63, 3.8) is 0 Å². The van der Waals surface area contributed by atoms with Gasteiger partial charge in [-0.05, 0) is 49.1 Å². The third-order valence-electron chi connectivity index (χ3n) is 4.41. The van der Waals surface area contributed by atoms with Crippen molar-refractivity contribution in [2.75, 3.05) is 5.32 Å². The number of amides is 1. The van der Waals surface area contributed by atoms with Crippen molar-refractivity contribution < 1.29 is 4.79 Å². The first-order chi connectivity index (χ1) is 8.20. The van der Waals surface area contributed by atoms with E-state index in [0.717, 1.165) is 17.2 Å². The number of carbonyl (C=O) groups excluding carboxylic acids is 1. The smallest absolute Gasteiger partial charge is 0.224 e. The summed E-state index contributed by atoms with van der Waals surface area (Å²) >= 11 is 0. The molecule has 3 heteroatoms. The lowest BCUT2D eigenvalue weighted by molar-refractivity contribution is -0.117. The Balaban J connectivity index is 1.63. The van der Waals surface area contributed by atoms with Crippen LogP contribution in [0.2, 0.25) is 0 Å². The van der Waals surface area contributed by atoms with Crippen LogP contribution in [0.4, 0.5) is 5.69 Å². The molecule has 0 radical (unpaired) electrons. The molecule has 2 fully saturated rings. The number of aryl methyl sites for hydroxylation is 1. The Hall–Kier alpha value is -1.38. The Bertz CT molecular complexity index is 457. The molecule has 0 saturated heterocycles. The van der Waals surface area contributed by atoms with Crippen LogP contribution in [-0.4, -0.2) is 10.9 Å². The molecular weight excluding hydrogens is 212 g/mol. The predicted octanol–water partition coefficient (Wildman–Crippen LogP) is 2.91. The zero-order valence-electron chi connectivity index (χ0n) is 10.2. The van der Waals surface area contributed by atoms with E-state index < -0.39 is 0 Å². The van der Waals surface area contributed by atoms with Gasteiger partial charge in [-0.2, -0.15) is 0 Å². The molecule has 2 unspecified atom stereocenters.